The summed E-state index contributed by atoms with van der Waals surface area (Å²) in [5.74, 6) is -0.321. The van der Waals surface area contributed by atoms with Gasteiger partial charge in [-0.05, 0) is 26.3 Å². The number of pyridine rings is 1. The van der Waals surface area contributed by atoms with Crippen LogP contribution in [0.4, 0.5) is 0 Å². The molecule has 0 bridgehead atoms. The predicted molar refractivity (Wildman–Crippen MR) is 100 cm³/mol. The summed E-state index contributed by atoms with van der Waals surface area (Å²) in [6.45, 7) is 6.38. The molecule has 1 saturated heterocycles. The molecule has 140 valence electrons. The maximum Gasteiger partial charge on any atom is 0.251 e. The molecule has 1 fully saturated rings. The monoisotopic (exact) mass is 376 g/mol. The molecule has 1 amide bonds. The third-order valence-corrected chi connectivity index (χ3v) is 5.46. The Hall–Kier alpha value is -2.03. The number of amides is 1. The largest absolute Gasteiger partial charge is 0.390 e. The molecule has 0 saturated carbocycles. The van der Waals surface area contributed by atoms with Gasteiger partial charge in [-0.3, -0.25) is 14.5 Å². The maximum absolute atomic E-state index is 12.4. The molecule has 0 aromatic carbocycles. The van der Waals surface area contributed by atoms with E-state index in [0.717, 1.165) is 17.2 Å². The second-order valence-electron chi connectivity index (χ2n) is 6.57. The van der Waals surface area contributed by atoms with E-state index in [1.54, 1.807) is 23.6 Å². The number of rotatable bonds is 5. The number of hydrogen-bond donors (Lipinski definition) is 2. The standard InChI is InChI=1S/C18H24N4O3S/c1-3-22-7-4-13(8-17(22)24)18(25)20-15-5-6-21(10-16(15)23)9-14-11-26-12(2)19-14/h4,7-8,11,15-16,23H,3,5-6,9-10H2,1-2H3,(H,20,25)/t15-,16-/m1/s1. The van der Waals surface area contributed by atoms with E-state index in [-0.39, 0.29) is 17.5 Å². The molecule has 3 rings (SSSR count). The Labute approximate surface area is 156 Å². The number of aliphatic hydroxyl groups excluding tert-OH is 1. The van der Waals surface area contributed by atoms with Crippen LogP contribution in [0, 0.1) is 6.92 Å². The van der Waals surface area contributed by atoms with Crippen molar-refractivity contribution in [3.05, 3.63) is 50.3 Å². The summed E-state index contributed by atoms with van der Waals surface area (Å²) in [7, 11) is 0. The Morgan fingerprint density at radius 2 is 2.31 bits per heavy atom. The Kier molecular flexibility index (Phi) is 5.85. The first-order valence-electron chi connectivity index (χ1n) is 8.79. The fourth-order valence-electron chi connectivity index (χ4n) is 3.18. The molecular formula is C18H24N4O3S. The maximum atomic E-state index is 12.4. The Morgan fingerprint density at radius 1 is 1.50 bits per heavy atom. The number of nitrogens with one attached hydrogen (secondary N) is 1. The van der Waals surface area contributed by atoms with E-state index in [2.05, 4.69) is 15.2 Å². The smallest absolute Gasteiger partial charge is 0.251 e. The van der Waals surface area contributed by atoms with Crippen LogP contribution in [0.1, 0.15) is 34.4 Å². The summed E-state index contributed by atoms with van der Waals surface area (Å²) < 4.78 is 1.53. The van der Waals surface area contributed by atoms with E-state index in [9.17, 15) is 14.7 Å². The van der Waals surface area contributed by atoms with Crippen molar-refractivity contribution in [2.24, 2.45) is 0 Å². The van der Waals surface area contributed by atoms with Crippen LogP contribution < -0.4 is 10.9 Å². The van der Waals surface area contributed by atoms with Gasteiger partial charge in [0.2, 0.25) is 0 Å². The molecule has 2 aromatic rings. The quantitative estimate of drug-likeness (QED) is 0.813. The van der Waals surface area contributed by atoms with Gasteiger partial charge in [0.1, 0.15) is 0 Å². The number of aliphatic hydroxyl groups is 1. The average Bonchev–Trinajstić information content (AvgIpc) is 3.02. The number of aromatic nitrogens is 2. The molecule has 2 atom stereocenters. The first kappa shape index (κ1) is 18.8. The van der Waals surface area contributed by atoms with Crippen molar-refractivity contribution in [3.8, 4) is 0 Å². The predicted octanol–water partition coefficient (Wildman–Crippen LogP) is 0.998. The van der Waals surface area contributed by atoms with E-state index in [1.807, 2.05) is 19.2 Å². The van der Waals surface area contributed by atoms with Crippen LogP contribution in [-0.2, 0) is 13.1 Å². The highest BCUT2D eigenvalue weighted by Gasteiger charge is 2.29. The highest BCUT2D eigenvalue weighted by molar-refractivity contribution is 7.09. The second kappa shape index (κ2) is 8.11. The van der Waals surface area contributed by atoms with Crippen molar-refractivity contribution in [2.45, 2.75) is 45.5 Å². The Morgan fingerprint density at radius 3 is 2.92 bits per heavy atom. The van der Waals surface area contributed by atoms with Crippen molar-refractivity contribution < 1.29 is 9.90 Å². The molecular weight excluding hydrogens is 352 g/mol. The van der Waals surface area contributed by atoms with Crippen LogP contribution in [0.15, 0.2) is 28.5 Å². The van der Waals surface area contributed by atoms with Crippen molar-refractivity contribution in [3.63, 3.8) is 0 Å². The fraction of sp³-hybridized carbons (Fsp3) is 0.500. The van der Waals surface area contributed by atoms with Crippen LogP contribution in [0.3, 0.4) is 0 Å². The van der Waals surface area contributed by atoms with E-state index < -0.39 is 6.10 Å². The van der Waals surface area contributed by atoms with Crippen LogP contribution in [0.25, 0.3) is 0 Å². The third kappa shape index (κ3) is 4.38. The number of aryl methyl sites for hydroxylation is 2. The number of carbonyl (C=O) groups is 1. The molecule has 8 heteroatoms. The molecule has 1 aliphatic heterocycles. The summed E-state index contributed by atoms with van der Waals surface area (Å²) >= 11 is 1.62. The number of piperidine rings is 1. The van der Waals surface area contributed by atoms with Crippen molar-refractivity contribution in [1.29, 1.82) is 0 Å². The van der Waals surface area contributed by atoms with Gasteiger partial charge in [0.15, 0.2) is 0 Å². The fourth-order valence-corrected chi connectivity index (χ4v) is 3.78. The average molecular weight is 376 g/mol. The minimum atomic E-state index is -0.650. The van der Waals surface area contributed by atoms with Crippen molar-refractivity contribution in [2.75, 3.05) is 13.1 Å². The van der Waals surface area contributed by atoms with Crippen LogP contribution in [0.5, 0.6) is 0 Å². The normalized spacial score (nSPS) is 20.9. The molecule has 3 heterocycles. The van der Waals surface area contributed by atoms with Gasteiger partial charge in [-0.1, -0.05) is 0 Å². The number of nitrogens with zero attached hydrogens (tertiary/aromatic N) is 3. The zero-order valence-electron chi connectivity index (χ0n) is 15.0. The summed E-state index contributed by atoms with van der Waals surface area (Å²) in [5, 5.41) is 16.3. The molecule has 0 unspecified atom stereocenters. The van der Waals surface area contributed by atoms with Crippen LogP contribution in [0.2, 0.25) is 0 Å². The highest BCUT2D eigenvalue weighted by atomic mass is 32.1. The summed E-state index contributed by atoms with van der Waals surface area (Å²) in [5.41, 5.74) is 1.14. The molecule has 26 heavy (non-hydrogen) atoms. The molecule has 2 aromatic heterocycles. The molecule has 0 spiro atoms. The number of β-amino-alcohol motifs (C(OH)–C–C–N with tert-alkyl or cyclic N) is 1. The lowest BCUT2D eigenvalue weighted by atomic mass is 10.0. The van der Waals surface area contributed by atoms with Gasteiger partial charge in [0.05, 0.1) is 22.8 Å². The second-order valence-corrected chi connectivity index (χ2v) is 7.63. The van der Waals surface area contributed by atoms with Crippen molar-refractivity contribution >= 4 is 17.2 Å². The zero-order valence-corrected chi connectivity index (χ0v) is 15.8. The van der Waals surface area contributed by atoms with Crippen LogP contribution in [-0.4, -0.2) is 50.7 Å². The van der Waals surface area contributed by atoms with E-state index in [1.165, 1.54) is 10.6 Å². The lowest BCUT2D eigenvalue weighted by Crippen LogP contribution is -2.53. The third-order valence-electron chi connectivity index (χ3n) is 4.63. The van der Waals surface area contributed by atoms with E-state index >= 15 is 0 Å². The molecule has 2 N–H and O–H groups in total. The number of hydrogen-bond acceptors (Lipinski definition) is 6. The summed E-state index contributed by atoms with van der Waals surface area (Å²) in [4.78, 5) is 30.9. The van der Waals surface area contributed by atoms with Crippen molar-refractivity contribution in [1.82, 2.24) is 19.8 Å². The lowest BCUT2D eigenvalue weighted by Gasteiger charge is -2.35. The topological polar surface area (TPSA) is 87.5 Å². The highest BCUT2D eigenvalue weighted by Crippen LogP contribution is 2.16. The first-order valence-corrected chi connectivity index (χ1v) is 9.67. The molecule has 1 aliphatic rings. The summed E-state index contributed by atoms with van der Waals surface area (Å²) in [6.07, 6.45) is 1.62. The van der Waals surface area contributed by atoms with Gasteiger partial charge in [0, 0.05) is 49.4 Å². The number of likely N-dealkylation sites (tertiary alicyclic amines) is 1. The molecule has 7 nitrogen and oxygen atoms in total. The van der Waals surface area contributed by atoms with Gasteiger partial charge in [0.25, 0.3) is 11.5 Å². The Balaban J connectivity index is 1.57. The van der Waals surface area contributed by atoms with Gasteiger partial charge < -0.3 is 15.0 Å². The summed E-state index contributed by atoms with van der Waals surface area (Å²) in [6, 6.07) is 2.65. The first-order chi connectivity index (χ1) is 12.5. The number of carbonyl (C=O) groups excluding carboxylic acids is 1. The van der Waals surface area contributed by atoms with Crippen LogP contribution >= 0.6 is 11.3 Å². The molecule has 0 radical (unpaired) electrons. The number of thiazole rings is 1. The van der Waals surface area contributed by atoms with Gasteiger partial charge in [-0.25, -0.2) is 4.98 Å². The Bertz CT molecular complexity index is 832. The SMILES string of the molecule is CCn1ccc(C(=O)N[C@@H]2CCN(Cc3csc(C)n3)C[C@H]2O)cc1=O. The molecule has 0 aliphatic carbocycles. The minimum Gasteiger partial charge on any atom is -0.390 e. The van der Waals surface area contributed by atoms with Gasteiger partial charge in [-0.2, -0.15) is 0 Å². The van der Waals surface area contributed by atoms with E-state index in [0.29, 0.717) is 31.6 Å². The lowest BCUT2D eigenvalue weighted by molar-refractivity contribution is 0.0346. The van der Waals surface area contributed by atoms with E-state index in [4.69, 9.17) is 0 Å². The van der Waals surface area contributed by atoms with Gasteiger partial charge >= 0.3 is 0 Å². The zero-order chi connectivity index (χ0) is 18.7. The van der Waals surface area contributed by atoms with Gasteiger partial charge in [-0.15, -0.1) is 11.3 Å². The minimum absolute atomic E-state index is 0.200.